The Morgan fingerprint density at radius 1 is 1.32 bits per heavy atom. The number of hydrogen-bond acceptors (Lipinski definition) is 6. The maximum Gasteiger partial charge on any atom is 0.103 e. The van der Waals surface area contributed by atoms with E-state index in [2.05, 4.69) is 24.1 Å². The van der Waals surface area contributed by atoms with E-state index in [0.29, 0.717) is 11.9 Å². The van der Waals surface area contributed by atoms with E-state index in [9.17, 15) is 0 Å². The summed E-state index contributed by atoms with van der Waals surface area (Å²) in [5.74, 6) is 0.983. The Hall–Kier alpha value is -0.140. The van der Waals surface area contributed by atoms with Gasteiger partial charge in [-0.25, -0.2) is 4.98 Å². The first-order valence-corrected chi connectivity index (χ1v) is 8.31. The molecule has 0 saturated heterocycles. The van der Waals surface area contributed by atoms with E-state index in [1.54, 1.807) is 25.6 Å². The van der Waals surface area contributed by atoms with Crippen molar-refractivity contribution in [2.75, 3.05) is 27.4 Å². The average Bonchev–Trinajstić information content (AvgIpc) is 2.75. The molecule has 0 bridgehead atoms. The molecule has 1 N–H and O–H groups in total. The van der Waals surface area contributed by atoms with Crippen molar-refractivity contribution in [2.45, 2.75) is 38.0 Å². The zero-order chi connectivity index (χ0) is 14.1. The number of thiazole rings is 1. The van der Waals surface area contributed by atoms with Crippen molar-refractivity contribution in [2.24, 2.45) is 0 Å². The van der Waals surface area contributed by atoms with E-state index >= 15 is 0 Å². The van der Waals surface area contributed by atoms with Crippen LogP contribution in [0.2, 0.25) is 0 Å². The Labute approximate surface area is 124 Å². The largest absolute Gasteiger partial charge is 0.383 e. The molecule has 0 radical (unpaired) electrons. The average molecular weight is 304 g/mol. The lowest BCUT2D eigenvalue weighted by Crippen LogP contribution is -2.18. The molecule has 0 fully saturated rings. The first-order valence-electron chi connectivity index (χ1n) is 6.45. The van der Waals surface area contributed by atoms with Gasteiger partial charge in [-0.15, -0.1) is 11.3 Å². The predicted octanol–water partition coefficient (Wildman–Crippen LogP) is 2.67. The standard InChI is InChI=1S/C13H24N2O2S2/c1-10(2)18-9-13-15-11(8-17-4)12(19-13)7-14-5-6-16-3/h10,14H,5-9H2,1-4H3. The third-order valence-corrected chi connectivity index (χ3v) is 4.80. The van der Waals surface area contributed by atoms with Crippen LogP contribution in [0.15, 0.2) is 0 Å². The van der Waals surface area contributed by atoms with Crippen molar-refractivity contribution < 1.29 is 9.47 Å². The van der Waals surface area contributed by atoms with E-state index in [1.165, 1.54) is 9.88 Å². The molecule has 0 aliphatic carbocycles. The quantitative estimate of drug-likeness (QED) is 0.673. The Balaban J connectivity index is 2.55. The van der Waals surface area contributed by atoms with Gasteiger partial charge >= 0.3 is 0 Å². The highest BCUT2D eigenvalue weighted by Gasteiger charge is 2.11. The predicted molar refractivity (Wildman–Crippen MR) is 82.8 cm³/mol. The summed E-state index contributed by atoms with van der Waals surface area (Å²) in [6.07, 6.45) is 0. The van der Waals surface area contributed by atoms with Gasteiger partial charge in [0.25, 0.3) is 0 Å². The molecule has 1 heterocycles. The van der Waals surface area contributed by atoms with Gasteiger partial charge in [0, 0.05) is 37.9 Å². The number of rotatable bonds is 10. The van der Waals surface area contributed by atoms with Crippen LogP contribution < -0.4 is 5.32 Å². The zero-order valence-electron chi connectivity index (χ0n) is 12.2. The van der Waals surface area contributed by atoms with Crippen molar-refractivity contribution >= 4 is 23.1 Å². The molecule has 0 aliphatic rings. The van der Waals surface area contributed by atoms with Crippen LogP contribution in [-0.4, -0.2) is 37.6 Å². The highest BCUT2D eigenvalue weighted by molar-refractivity contribution is 7.99. The molecular formula is C13H24N2O2S2. The summed E-state index contributed by atoms with van der Waals surface area (Å²) in [4.78, 5) is 5.95. The molecule has 19 heavy (non-hydrogen) atoms. The molecule has 0 spiro atoms. The summed E-state index contributed by atoms with van der Waals surface area (Å²) >= 11 is 3.71. The second kappa shape index (κ2) is 9.72. The van der Waals surface area contributed by atoms with Crippen LogP contribution in [0.5, 0.6) is 0 Å². The van der Waals surface area contributed by atoms with E-state index in [0.717, 1.165) is 31.1 Å². The van der Waals surface area contributed by atoms with Crippen LogP contribution in [-0.2, 0) is 28.4 Å². The number of hydrogen-bond donors (Lipinski definition) is 1. The smallest absolute Gasteiger partial charge is 0.103 e. The fourth-order valence-electron chi connectivity index (χ4n) is 1.50. The normalized spacial score (nSPS) is 11.4. The van der Waals surface area contributed by atoms with Crippen LogP contribution in [0.4, 0.5) is 0 Å². The maximum atomic E-state index is 5.22. The number of thioether (sulfide) groups is 1. The SMILES string of the molecule is COCCNCc1sc(CSC(C)C)nc1COC. The molecule has 1 rings (SSSR count). The van der Waals surface area contributed by atoms with E-state index in [-0.39, 0.29) is 0 Å². The summed E-state index contributed by atoms with van der Waals surface area (Å²) in [7, 11) is 3.43. The van der Waals surface area contributed by atoms with Crippen LogP contribution in [0.25, 0.3) is 0 Å². The first kappa shape index (κ1) is 16.9. The minimum atomic E-state index is 0.587. The molecule has 0 atom stereocenters. The lowest BCUT2D eigenvalue weighted by molar-refractivity contribution is 0.180. The van der Waals surface area contributed by atoms with Gasteiger partial charge in [-0.2, -0.15) is 11.8 Å². The maximum absolute atomic E-state index is 5.22. The van der Waals surface area contributed by atoms with Crippen LogP contribution in [0, 0.1) is 0 Å². The summed E-state index contributed by atoms with van der Waals surface area (Å²) in [6.45, 7) is 7.44. The number of nitrogens with one attached hydrogen (secondary N) is 1. The van der Waals surface area contributed by atoms with Gasteiger partial charge in [0.05, 0.1) is 18.9 Å². The monoisotopic (exact) mass is 304 g/mol. The Kier molecular flexibility index (Phi) is 8.65. The van der Waals surface area contributed by atoms with Crippen molar-refractivity contribution in [3.63, 3.8) is 0 Å². The Morgan fingerprint density at radius 2 is 2.11 bits per heavy atom. The fraction of sp³-hybridized carbons (Fsp3) is 0.769. The van der Waals surface area contributed by atoms with Gasteiger partial charge in [-0.1, -0.05) is 13.8 Å². The Morgan fingerprint density at radius 3 is 2.74 bits per heavy atom. The van der Waals surface area contributed by atoms with Gasteiger partial charge in [-0.3, -0.25) is 0 Å². The van der Waals surface area contributed by atoms with E-state index in [1.807, 2.05) is 11.8 Å². The van der Waals surface area contributed by atoms with Crippen molar-refractivity contribution in [1.29, 1.82) is 0 Å². The molecule has 0 aromatic carbocycles. The second-order valence-corrected chi connectivity index (χ2v) is 7.17. The summed E-state index contributed by atoms with van der Waals surface area (Å²) in [5, 5.41) is 5.19. The fourth-order valence-corrected chi connectivity index (χ4v) is 3.32. The number of methoxy groups -OCH3 is 2. The lowest BCUT2D eigenvalue weighted by atomic mass is 10.3. The topological polar surface area (TPSA) is 43.4 Å². The summed E-state index contributed by atoms with van der Waals surface area (Å²) < 4.78 is 10.2. The molecule has 1 aromatic heterocycles. The van der Waals surface area contributed by atoms with Crippen molar-refractivity contribution in [3.8, 4) is 0 Å². The molecular weight excluding hydrogens is 280 g/mol. The highest BCUT2D eigenvalue weighted by Crippen LogP contribution is 2.25. The number of nitrogens with zero attached hydrogens (tertiary/aromatic N) is 1. The molecule has 4 nitrogen and oxygen atoms in total. The van der Waals surface area contributed by atoms with Gasteiger partial charge in [0.2, 0.25) is 0 Å². The first-order chi connectivity index (χ1) is 9.17. The molecule has 1 aromatic rings. The lowest BCUT2D eigenvalue weighted by Gasteiger charge is -2.03. The third-order valence-electron chi connectivity index (χ3n) is 2.41. The Bertz CT molecular complexity index is 356. The number of aromatic nitrogens is 1. The molecule has 0 amide bonds. The van der Waals surface area contributed by atoms with E-state index < -0.39 is 0 Å². The molecule has 6 heteroatoms. The summed E-state index contributed by atoms with van der Waals surface area (Å²) in [5.41, 5.74) is 1.07. The van der Waals surface area contributed by atoms with E-state index in [4.69, 9.17) is 9.47 Å². The second-order valence-electron chi connectivity index (χ2n) is 4.44. The third kappa shape index (κ3) is 6.72. The van der Waals surface area contributed by atoms with Crippen molar-refractivity contribution in [1.82, 2.24) is 10.3 Å². The molecule has 0 saturated carbocycles. The van der Waals surface area contributed by atoms with Gasteiger partial charge in [0.15, 0.2) is 0 Å². The van der Waals surface area contributed by atoms with Gasteiger partial charge < -0.3 is 14.8 Å². The number of ether oxygens (including phenoxy) is 2. The minimum Gasteiger partial charge on any atom is -0.383 e. The van der Waals surface area contributed by atoms with Gasteiger partial charge in [-0.05, 0) is 5.25 Å². The van der Waals surface area contributed by atoms with Crippen molar-refractivity contribution in [3.05, 3.63) is 15.6 Å². The van der Waals surface area contributed by atoms with Crippen LogP contribution >= 0.6 is 23.1 Å². The molecule has 0 aliphatic heterocycles. The van der Waals surface area contributed by atoms with Crippen LogP contribution in [0.3, 0.4) is 0 Å². The molecule has 0 unspecified atom stereocenters. The van der Waals surface area contributed by atoms with Gasteiger partial charge in [0.1, 0.15) is 5.01 Å². The summed E-state index contributed by atoms with van der Waals surface area (Å²) in [6, 6.07) is 0. The van der Waals surface area contributed by atoms with Crippen LogP contribution in [0.1, 0.15) is 29.4 Å². The molecule has 110 valence electrons. The zero-order valence-corrected chi connectivity index (χ0v) is 13.8. The highest BCUT2D eigenvalue weighted by atomic mass is 32.2. The minimum absolute atomic E-state index is 0.587.